The lowest BCUT2D eigenvalue weighted by Gasteiger charge is -2.20. The van der Waals surface area contributed by atoms with Crippen molar-refractivity contribution in [1.29, 1.82) is 0 Å². The Morgan fingerprint density at radius 1 is 1.29 bits per heavy atom. The summed E-state index contributed by atoms with van der Waals surface area (Å²) < 4.78 is 1.72. The van der Waals surface area contributed by atoms with Gasteiger partial charge < -0.3 is 10.6 Å². The van der Waals surface area contributed by atoms with Crippen molar-refractivity contribution in [3.63, 3.8) is 0 Å². The predicted molar refractivity (Wildman–Crippen MR) is 95.7 cm³/mol. The van der Waals surface area contributed by atoms with Gasteiger partial charge in [-0.1, -0.05) is 22.9 Å². The van der Waals surface area contributed by atoms with Gasteiger partial charge in [0.05, 0.1) is 11.4 Å². The highest BCUT2D eigenvalue weighted by molar-refractivity contribution is 5.93. The van der Waals surface area contributed by atoms with Gasteiger partial charge in [-0.15, -0.1) is 17.5 Å². The summed E-state index contributed by atoms with van der Waals surface area (Å²) in [5.74, 6) is 0.325. The van der Waals surface area contributed by atoms with E-state index < -0.39 is 0 Å². The van der Waals surface area contributed by atoms with Gasteiger partial charge in [0.1, 0.15) is 0 Å². The largest absolute Gasteiger partial charge is 0.334 e. The van der Waals surface area contributed by atoms with Crippen molar-refractivity contribution < 1.29 is 4.79 Å². The number of hydrogen-bond donors (Lipinski definition) is 1. The van der Waals surface area contributed by atoms with Crippen molar-refractivity contribution in [2.75, 3.05) is 13.1 Å². The topological polar surface area (TPSA) is 77.0 Å². The minimum Gasteiger partial charge on any atom is -0.334 e. The maximum Gasteiger partial charge on any atom is 0.276 e. The fraction of sp³-hybridized carbons (Fsp3) is 0.471. The van der Waals surface area contributed by atoms with Crippen LogP contribution in [0.4, 0.5) is 0 Å². The van der Waals surface area contributed by atoms with E-state index in [2.05, 4.69) is 17.2 Å². The molecule has 0 bridgehead atoms. The van der Waals surface area contributed by atoms with Crippen LogP contribution in [0.5, 0.6) is 0 Å². The number of halogens is 1. The molecule has 2 N–H and O–H groups in total. The molecule has 1 saturated heterocycles. The van der Waals surface area contributed by atoms with Gasteiger partial charge in [-0.25, -0.2) is 4.68 Å². The lowest BCUT2D eigenvalue weighted by molar-refractivity contribution is 0.0736. The molecule has 1 fully saturated rings. The van der Waals surface area contributed by atoms with Crippen LogP contribution >= 0.6 is 12.4 Å². The zero-order valence-electron chi connectivity index (χ0n) is 14.3. The van der Waals surface area contributed by atoms with E-state index in [0.717, 1.165) is 17.8 Å². The third-order valence-corrected chi connectivity index (χ3v) is 4.63. The molecule has 0 saturated carbocycles. The second-order valence-electron chi connectivity index (χ2n) is 6.41. The average molecular weight is 350 g/mol. The standard InChI is InChI=1S/C17H23N5O.ClH/c1-11-4-6-15(7-5-11)22-13(3)16(19-20-22)17(23)21-10-14(9-18)8-12(21)2;/h4-7,12,14H,8-10,18H2,1-3H3;1H. The first-order valence-corrected chi connectivity index (χ1v) is 8.01. The number of carbonyl (C=O) groups is 1. The summed E-state index contributed by atoms with van der Waals surface area (Å²) >= 11 is 0. The second kappa shape index (κ2) is 7.32. The number of hydrogen-bond acceptors (Lipinski definition) is 4. The Morgan fingerprint density at radius 2 is 1.96 bits per heavy atom. The number of aryl methyl sites for hydroxylation is 1. The smallest absolute Gasteiger partial charge is 0.276 e. The molecule has 1 aliphatic rings. The molecule has 2 aromatic rings. The zero-order chi connectivity index (χ0) is 16.6. The number of likely N-dealkylation sites (tertiary alicyclic amines) is 1. The summed E-state index contributed by atoms with van der Waals surface area (Å²) in [5.41, 5.74) is 9.03. The molecule has 0 radical (unpaired) electrons. The van der Waals surface area contributed by atoms with Crippen LogP contribution in [0.1, 0.15) is 35.1 Å². The first-order chi connectivity index (χ1) is 11.0. The summed E-state index contributed by atoms with van der Waals surface area (Å²) in [6.45, 7) is 7.30. The van der Waals surface area contributed by atoms with Gasteiger partial charge in [-0.3, -0.25) is 4.79 Å². The number of nitrogens with two attached hydrogens (primary N) is 1. The SMILES string of the molecule is Cc1ccc(-n2nnc(C(=O)N3CC(CN)CC3C)c2C)cc1.Cl. The van der Waals surface area contributed by atoms with E-state index in [1.165, 1.54) is 5.56 Å². The average Bonchev–Trinajstić information content (AvgIpc) is 3.10. The van der Waals surface area contributed by atoms with Gasteiger partial charge in [0.15, 0.2) is 5.69 Å². The van der Waals surface area contributed by atoms with E-state index in [4.69, 9.17) is 5.73 Å². The van der Waals surface area contributed by atoms with Crippen LogP contribution in [-0.4, -0.2) is 44.9 Å². The maximum absolute atomic E-state index is 12.8. The molecular formula is C17H24ClN5O. The molecule has 1 aromatic carbocycles. The van der Waals surface area contributed by atoms with Crippen molar-refractivity contribution in [3.05, 3.63) is 41.2 Å². The Labute approximate surface area is 148 Å². The van der Waals surface area contributed by atoms with Crippen LogP contribution in [-0.2, 0) is 0 Å². The molecule has 3 rings (SSSR count). The minimum atomic E-state index is -0.0516. The first-order valence-electron chi connectivity index (χ1n) is 8.01. The van der Waals surface area contributed by atoms with E-state index in [1.807, 2.05) is 43.0 Å². The highest BCUT2D eigenvalue weighted by Gasteiger charge is 2.34. The summed E-state index contributed by atoms with van der Waals surface area (Å²) in [6.07, 6.45) is 0.952. The molecule has 0 spiro atoms. The number of rotatable bonds is 3. The van der Waals surface area contributed by atoms with Gasteiger partial charge in [-0.05, 0) is 51.8 Å². The van der Waals surface area contributed by atoms with Crippen molar-refractivity contribution in [2.24, 2.45) is 11.7 Å². The molecule has 2 heterocycles. The fourth-order valence-corrected chi connectivity index (χ4v) is 3.19. The Kier molecular flexibility index (Phi) is 5.62. The molecule has 1 aromatic heterocycles. The van der Waals surface area contributed by atoms with Crippen LogP contribution in [0.2, 0.25) is 0 Å². The van der Waals surface area contributed by atoms with Crippen molar-refractivity contribution in [3.8, 4) is 5.69 Å². The van der Waals surface area contributed by atoms with E-state index >= 15 is 0 Å². The number of nitrogens with zero attached hydrogens (tertiary/aromatic N) is 4. The number of carbonyl (C=O) groups excluding carboxylic acids is 1. The Morgan fingerprint density at radius 3 is 2.54 bits per heavy atom. The monoisotopic (exact) mass is 349 g/mol. The molecule has 1 amide bonds. The number of aromatic nitrogens is 3. The zero-order valence-corrected chi connectivity index (χ0v) is 15.1. The van der Waals surface area contributed by atoms with Gasteiger partial charge >= 0.3 is 0 Å². The first kappa shape index (κ1) is 18.4. The van der Waals surface area contributed by atoms with Gasteiger partial charge in [0.25, 0.3) is 5.91 Å². The van der Waals surface area contributed by atoms with Gasteiger partial charge in [-0.2, -0.15) is 0 Å². The molecule has 2 atom stereocenters. The third-order valence-electron chi connectivity index (χ3n) is 4.63. The summed E-state index contributed by atoms with van der Waals surface area (Å²) in [4.78, 5) is 14.7. The Bertz CT molecular complexity index is 712. The van der Waals surface area contributed by atoms with Crippen LogP contribution < -0.4 is 5.73 Å². The molecule has 2 unspecified atom stereocenters. The number of amides is 1. The van der Waals surface area contributed by atoms with Crippen LogP contribution in [0.25, 0.3) is 5.69 Å². The molecule has 130 valence electrons. The van der Waals surface area contributed by atoms with E-state index in [-0.39, 0.29) is 24.4 Å². The van der Waals surface area contributed by atoms with Gasteiger partial charge in [0, 0.05) is 12.6 Å². The Balaban J connectivity index is 0.00000208. The summed E-state index contributed by atoms with van der Waals surface area (Å²) in [6, 6.07) is 8.20. The van der Waals surface area contributed by atoms with E-state index in [1.54, 1.807) is 4.68 Å². The third kappa shape index (κ3) is 3.30. The molecular weight excluding hydrogens is 326 g/mol. The van der Waals surface area contributed by atoms with Crippen molar-refractivity contribution in [1.82, 2.24) is 19.9 Å². The van der Waals surface area contributed by atoms with Crippen molar-refractivity contribution >= 4 is 18.3 Å². The molecule has 24 heavy (non-hydrogen) atoms. The van der Waals surface area contributed by atoms with Crippen LogP contribution in [0.3, 0.4) is 0 Å². The highest BCUT2D eigenvalue weighted by Crippen LogP contribution is 2.24. The maximum atomic E-state index is 12.8. The van der Waals surface area contributed by atoms with Crippen molar-refractivity contribution in [2.45, 2.75) is 33.2 Å². The minimum absolute atomic E-state index is 0. The molecule has 1 aliphatic heterocycles. The van der Waals surface area contributed by atoms with Crippen LogP contribution in [0, 0.1) is 19.8 Å². The van der Waals surface area contributed by atoms with E-state index in [9.17, 15) is 4.79 Å². The van der Waals surface area contributed by atoms with E-state index in [0.29, 0.717) is 24.7 Å². The quantitative estimate of drug-likeness (QED) is 0.920. The highest BCUT2D eigenvalue weighted by atomic mass is 35.5. The molecule has 7 heteroatoms. The summed E-state index contributed by atoms with van der Waals surface area (Å²) in [7, 11) is 0. The normalized spacial score (nSPS) is 20.1. The molecule has 0 aliphatic carbocycles. The Hall–Kier alpha value is -1.92. The fourth-order valence-electron chi connectivity index (χ4n) is 3.19. The van der Waals surface area contributed by atoms with Crippen LogP contribution in [0.15, 0.2) is 24.3 Å². The summed E-state index contributed by atoms with van der Waals surface area (Å²) in [5, 5.41) is 8.30. The molecule has 6 nitrogen and oxygen atoms in total. The number of benzene rings is 1. The van der Waals surface area contributed by atoms with Gasteiger partial charge in [0.2, 0.25) is 0 Å². The lowest BCUT2D eigenvalue weighted by atomic mass is 10.1. The lowest BCUT2D eigenvalue weighted by Crippen LogP contribution is -2.35. The second-order valence-corrected chi connectivity index (χ2v) is 6.41. The predicted octanol–water partition coefficient (Wildman–Crippen LogP) is 2.12.